The lowest BCUT2D eigenvalue weighted by Crippen LogP contribution is -2.49. The summed E-state index contributed by atoms with van der Waals surface area (Å²) in [5, 5.41) is 9.80. The number of aliphatic hydroxyl groups excluding tert-OH is 1. The Morgan fingerprint density at radius 3 is 2.74 bits per heavy atom. The van der Waals surface area contributed by atoms with Gasteiger partial charge in [0, 0.05) is 11.6 Å². The summed E-state index contributed by atoms with van der Waals surface area (Å²) in [6.07, 6.45) is 8.35. The molecule has 2 fully saturated rings. The highest BCUT2D eigenvalue weighted by atomic mass is 16.6. The highest BCUT2D eigenvalue weighted by Crippen LogP contribution is 2.61. The van der Waals surface area contributed by atoms with Crippen molar-refractivity contribution >= 4 is 5.97 Å². The molecule has 2 saturated carbocycles. The van der Waals surface area contributed by atoms with Gasteiger partial charge in [-0.05, 0) is 61.2 Å². The van der Waals surface area contributed by atoms with Gasteiger partial charge in [-0.2, -0.15) is 0 Å². The summed E-state index contributed by atoms with van der Waals surface area (Å²) >= 11 is 0. The molecule has 3 rings (SSSR count). The third kappa shape index (κ3) is 2.88. The van der Waals surface area contributed by atoms with Crippen molar-refractivity contribution in [3.05, 3.63) is 23.8 Å². The summed E-state index contributed by atoms with van der Waals surface area (Å²) in [6, 6.07) is 0. The molecule has 2 aliphatic carbocycles. The van der Waals surface area contributed by atoms with Gasteiger partial charge in [-0.25, -0.2) is 4.79 Å². The SMILES string of the molecule is C=C1CCC2C(C)(C)CCCC2(C)C1CCC1=CC(=O)OC1O. The van der Waals surface area contributed by atoms with Gasteiger partial charge in [0.2, 0.25) is 6.29 Å². The van der Waals surface area contributed by atoms with Crippen molar-refractivity contribution in [1.29, 1.82) is 0 Å². The predicted octanol–water partition coefficient (Wildman–Crippen LogP) is 4.37. The fourth-order valence-corrected chi connectivity index (χ4v) is 5.76. The van der Waals surface area contributed by atoms with E-state index in [0.717, 1.165) is 30.8 Å². The highest BCUT2D eigenvalue weighted by Gasteiger charge is 2.52. The van der Waals surface area contributed by atoms with Gasteiger partial charge in [-0.3, -0.25) is 0 Å². The zero-order valence-corrected chi connectivity index (χ0v) is 14.7. The molecular formula is C20H30O3. The minimum atomic E-state index is -1.04. The van der Waals surface area contributed by atoms with E-state index < -0.39 is 12.3 Å². The maximum absolute atomic E-state index is 11.3. The summed E-state index contributed by atoms with van der Waals surface area (Å²) in [4.78, 5) is 11.3. The number of cyclic esters (lactones) is 1. The minimum Gasteiger partial charge on any atom is -0.429 e. The van der Waals surface area contributed by atoms with Crippen LogP contribution in [0.3, 0.4) is 0 Å². The third-order valence-corrected chi connectivity index (χ3v) is 6.89. The first-order chi connectivity index (χ1) is 10.7. The first kappa shape index (κ1) is 16.8. The van der Waals surface area contributed by atoms with Crippen molar-refractivity contribution in [2.45, 2.75) is 72.0 Å². The summed E-state index contributed by atoms with van der Waals surface area (Å²) < 4.78 is 4.81. The fraction of sp³-hybridized carbons (Fsp3) is 0.750. The van der Waals surface area contributed by atoms with E-state index in [9.17, 15) is 9.90 Å². The topological polar surface area (TPSA) is 46.5 Å². The predicted molar refractivity (Wildman–Crippen MR) is 90.5 cm³/mol. The van der Waals surface area contributed by atoms with Crippen molar-refractivity contribution < 1.29 is 14.6 Å². The molecule has 1 N–H and O–H groups in total. The Labute approximate surface area is 139 Å². The Morgan fingerprint density at radius 2 is 2.09 bits per heavy atom. The molecule has 0 spiro atoms. The first-order valence-electron chi connectivity index (χ1n) is 9.01. The van der Waals surface area contributed by atoms with Crippen molar-refractivity contribution in [2.24, 2.45) is 22.7 Å². The van der Waals surface area contributed by atoms with E-state index in [2.05, 4.69) is 27.4 Å². The molecule has 0 radical (unpaired) electrons. The smallest absolute Gasteiger partial charge is 0.333 e. The molecule has 4 atom stereocenters. The standard InChI is InChI=1S/C20H30O3/c1-13-6-9-16-19(2,3)10-5-11-20(16,4)15(13)8-7-14-12-17(21)23-18(14)22/h12,15-16,18,22H,1,5-11H2,2-4H3. The lowest BCUT2D eigenvalue weighted by atomic mass is 9.47. The second-order valence-electron chi connectivity index (χ2n) is 8.70. The second kappa shape index (κ2) is 5.77. The number of hydrogen-bond donors (Lipinski definition) is 1. The average molecular weight is 318 g/mol. The molecule has 0 aromatic carbocycles. The van der Waals surface area contributed by atoms with Crippen LogP contribution in [0.4, 0.5) is 0 Å². The van der Waals surface area contributed by atoms with Gasteiger partial charge in [0.15, 0.2) is 0 Å². The minimum absolute atomic E-state index is 0.298. The van der Waals surface area contributed by atoms with E-state index in [-0.39, 0.29) is 0 Å². The molecule has 3 heteroatoms. The van der Waals surface area contributed by atoms with Crippen LogP contribution in [0, 0.1) is 22.7 Å². The van der Waals surface area contributed by atoms with E-state index in [4.69, 9.17) is 4.74 Å². The number of ether oxygens (including phenoxy) is 1. The number of fused-ring (bicyclic) bond motifs is 1. The van der Waals surface area contributed by atoms with Gasteiger partial charge in [0.25, 0.3) is 0 Å². The molecule has 4 unspecified atom stereocenters. The second-order valence-corrected chi connectivity index (χ2v) is 8.70. The lowest BCUT2D eigenvalue weighted by Gasteiger charge is -2.58. The van der Waals surface area contributed by atoms with Crippen LogP contribution in [0.15, 0.2) is 23.8 Å². The maximum atomic E-state index is 11.3. The molecule has 1 aliphatic heterocycles. The van der Waals surface area contributed by atoms with E-state index in [0.29, 0.717) is 16.7 Å². The van der Waals surface area contributed by atoms with Gasteiger partial charge in [0.1, 0.15) is 0 Å². The molecule has 1 heterocycles. The van der Waals surface area contributed by atoms with Gasteiger partial charge in [0.05, 0.1) is 0 Å². The quantitative estimate of drug-likeness (QED) is 0.621. The van der Waals surface area contributed by atoms with Gasteiger partial charge in [-0.1, -0.05) is 39.3 Å². The van der Waals surface area contributed by atoms with Crippen LogP contribution in [0.2, 0.25) is 0 Å². The van der Waals surface area contributed by atoms with Crippen LogP contribution < -0.4 is 0 Å². The number of carbonyl (C=O) groups excluding carboxylic acids is 1. The fourth-order valence-electron chi connectivity index (χ4n) is 5.76. The van der Waals surface area contributed by atoms with E-state index in [1.54, 1.807) is 0 Å². The van der Waals surface area contributed by atoms with Crippen LogP contribution in [0.5, 0.6) is 0 Å². The Morgan fingerprint density at radius 1 is 1.35 bits per heavy atom. The number of allylic oxidation sites excluding steroid dienone is 1. The van der Waals surface area contributed by atoms with E-state index in [1.165, 1.54) is 37.3 Å². The largest absolute Gasteiger partial charge is 0.429 e. The molecule has 0 saturated heterocycles. The number of esters is 1. The van der Waals surface area contributed by atoms with Crippen LogP contribution in [-0.2, 0) is 9.53 Å². The van der Waals surface area contributed by atoms with Crippen LogP contribution in [-0.4, -0.2) is 17.4 Å². The molecule has 0 aromatic rings. The van der Waals surface area contributed by atoms with Crippen molar-refractivity contribution in [2.75, 3.05) is 0 Å². The molecule has 128 valence electrons. The molecule has 3 nitrogen and oxygen atoms in total. The number of rotatable bonds is 3. The summed E-state index contributed by atoms with van der Waals surface area (Å²) in [5.41, 5.74) is 2.79. The van der Waals surface area contributed by atoms with E-state index >= 15 is 0 Å². The van der Waals surface area contributed by atoms with Gasteiger partial charge in [-0.15, -0.1) is 0 Å². The number of hydrogen-bond acceptors (Lipinski definition) is 3. The Hall–Kier alpha value is -1.09. The average Bonchev–Trinajstić information content (AvgIpc) is 2.75. The molecular weight excluding hydrogens is 288 g/mol. The molecule has 3 aliphatic rings. The summed E-state index contributed by atoms with van der Waals surface area (Å²) in [6.45, 7) is 11.7. The van der Waals surface area contributed by atoms with Crippen molar-refractivity contribution in [3.8, 4) is 0 Å². The summed E-state index contributed by atoms with van der Waals surface area (Å²) in [5.74, 6) is 0.794. The maximum Gasteiger partial charge on any atom is 0.333 e. The Balaban J connectivity index is 1.78. The zero-order valence-electron chi connectivity index (χ0n) is 14.7. The third-order valence-electron chi connectivity index (χ3n) is 6.89. The highest BCUT2D eigenvalue weighted by molar-refractivity contribution is 5.85. The van der Waals surface area contributed by atoms with Gasteiger partial charge < -0.3 is 9.84 Å². The molecule has 0 amide bonds. The van der Waals surface area contributed by atoms with Crippen molar-refractivity contribution in [1.82, 2.24) is 0 Å². The lowest BCUT2D eigenvalue weighted by molar-refractivity contribution is -0.151. The Kier molecular flexibility index (Phi) is 4.20. The number of carbonyl (C=O) groups is 1. The molecule has 0 bridgehead atoms. The normalized spacial score (nSPS) is 39.7. The van der Waals surface area contributed by atoms with Crippen LogP contribution >= 0.6 is 0 Å². The monoisotopic (exact) mass is 318 g/mol. The molecule has 0 aromatic heterocycles. The number of aliphatic hydroxyl groups is 1. The Bertz CT molecular complexity index is 545. The van der Waals surface area contributed by atoms with Crippen LogP contribution in [0.1, 0.15) is 65.7 Å². The first-order valence-corrected chi connectivity index (χ1v) is 9.01. The van der Waals surface area contributed by atoms with E-state index in [1.807, 2.05) is 0 Å². The zero-order chi connectivity index (χ0) is 16.8. The van der Waals surface area contributed by atoms with Gasteiger partial charge >= 0.3 is 5.97 Å². The van der Waals surface area contributed by atoms with Crippen molar-refractivity contribution in [3.63, 3.8) is 0 Å². The summed E-state index contributed by atoms with van der Waals surface area (Å²) in [7, 11) is 0. The molecule has 23 heavy (non-hydrogen) atoms. The van der Waals surface area contributed by atoms with Crippen LogP contribution in [0.25, 0.3) is 0 Å².